The largest absolute Gasteiger partial charge is 0.492 e. The molecule has 0 radical (unpaired) electrons. The van der Waals surface area contributed by atoms with Crippen LogP contribution in [0.15, 0.2) is 23.1 Å². The molecule has 0 spiro atoms. The summed E-state index contributed by atoms with van der Waals surface area (Å²) in [5, 5.41) is 11.4. The number of carbonyl (C=O) groups is 2. The van der Waals surface area contributed by atoms with E-state index in [-0.39, 0.29) is 35.1 Å². The molecule has 0 unspecified atom stereocenters. The third kappa shape index (κ3) is 4.39. The fourth-order valence-electron chi connectivity index (χ4n) is 1.33. The summed E-state index contributed by atoms with van der Waals surface area (Å²) in [6, 6.07) is 3.21. The van der Waals surface area contributed by atoms with E-state index in [4.69, 9.17) is 20.5 Å². The molecule has 2 N–H and O–H groups in total. The monoisotopic (exact) mass is 321 g/mol. The van der Waals surface area contributed by atoms with Crippen molar-refractivity contribution in [3.63, 3.8) is 0 Å². The summed E-state index contributed by atoms with van der Waals surface area (Å²) in [6.07, 6.45) is 0.0467. The normalized spacial score (nSPS) is 10.9. The van der Waals surface area contributed by atoms with E-state index in [1.807, 2.05) is 0 Å². The van der Waals surface area contributed by atoms with Crippen molar-refractivity contribution in [2.75, 3.05) is 13.7 Å². The average molecular weight is 322 g/mol. The molecule has 0 saturated heterocycles. The van der Waals surface area contributed by atoms with Crippen LogP contribution in [0.4, 0.5) is 0 Å². The minimum atomic E-state index is -4.02. The standard InChI is InChI=1S/C11H12ClNO6S/c1-13-10(14)4-5-19-9-3-2-7(20(12,17)18)6-8(9)11(15)16/h2-3,6H,4-5H2,1H3,(H,13,14)(H,15,16). The summed E-state index contributed by atoms with van der Waals surface area (Å²) in [4.78, 5) is 21.7. The van der Waals surface area contributed by atoms with Gasteiger partial charge in [-0.3, -0.25) is 4.79 Å². The van der Waals surface area contributed by atoms with Crippen molar-refractivity contribution >= 4 is 31.6 Å². The zero-order valence-electron chi connectivity index (χ0n) is 10.4. The first-order chi connectivity index (χ1) is 9.25. The Hall–Kier alpha value is -1.80. The fraction of sp³-hybridized carbons (Fsp3) is 0.273. The van der Waals surface area contributed by atoms with Crippen LogP contribution in [0, 0.1) is 0 Å². The van der Waals surface area contributed by atoms with Crippen molar-refractivity contribution < 1.29 is 27.9 Å². The highest BCUT2D eigenvalue weighted by Gasteiger charge is 2.18. The minimum Gasteiger partial charge on any atom is -0.492 e. The molecular formula is C11H12ClNO6S. The Balaban J connectivity index is 2.97. The summed E-state index contributed by atoms with van der Waals surface area (Å²) in [7, 11) is 2.58. The van der Waals surface area contributed by atoms with E-state index in [0.29, 0.717) is 0 Å². The number of carbonyl (C=O) groups excluding carboxylic acids is 1. The number of rotatable bonds is 6. The lowest BCUT2D eigenvalue weighted by atomic mass is 10.2. The van der Waals surface area contributed by atoms with Gasteiger partial charge in [-0.05, 0) is 18.2 Å². The van der Waals surface area contributed by atoms with Gasteiger partial charge in [-0.15, -0.1) is 0 Å². The van der Waals surface area contributed by atoms with Crippen molar-refractivity contribution in [1.82, 2.24) is 5.32 Å². The van der Waals surface area contributed by atoms with Gasteiger partial charge in [0.15, 0.2) is 0 Å². The van der Waals surface area contributed by atoms with Crippen molar-refractivity contribution in [1.29, 1.82) is 0 Å². The summed E-state index contributed by atoms with van der Waals surface area (Å²) < 4.78 is 27.4. The summed E-state index contributed by atoms with van der Waals surface area (Å²) in [6.45, 7) is -0.0348. The Labute approximate surface area is 119 Å². The highest BCUT2D eigenvalue weighted by atomic mass is 35.7. The molecule has 1 amide bonds. The number of amides is 1. The molecular weight excluding hydrogens is 310 g/mol. The summed E-state index contributed by atoms with van der Waals surface area (Å²) >= 11 is 0. The first-order valence-electron chi connectivity index (χ1n) is 5.41. The number of hydrogen-bond acceptors (Lipinski definition) is 5. The van der Waals surface area contributed by atoms with Crippen LogP contribution in [0.2, 0.25) is 0 Å². The van der Waals surface area contributed by atoms with Crippen LogP contribution in [0.5, 0.6) is 5.75 Å². The van der Waals surface area contributed by atoms with Crippen LogP contribution >= 0.6 is 10.7 Å². The first-order valence-corrected chi connectivity index (χ1v) is 7.72. The second-order valence-electron chi connectivity index (χ2n) is 3.67. The van der Waals surface area contributed by atoms with Crippen molar-refractivity contribution in [3.8, 4) is 5.75 Å². The number of carboxylic acid groups (broad SMARTS) is 1. The lowest BCUT2D eigenvalue weighted by Crippen LogP contribution is -2.20. The number of hydrogen-bond donors (Lipinski definition) is 2. The SMILES string of the molecule is CNC(=O)CCOc1ccc(S(=O)(=O)Cl)cc1C(=O)O. The van der Waals surface area contributed by atoms with Crippen molar-refractivity contribution in [3.05, 3.63) is 23.8 Å². The molecule has 1 rings (SSSR count). The molecule has 0 aliphatic rings. The molecule has 9 heteroatoms. The van der Waals surface area contributed by atoms with Crippen molar-refractivity contribution in [2.24, 2.45) is 0 Å². The fourth-order valence-corrected chi connectivity index (χ4v) is 2.11. The quantitative estimate of drug-likeness (QED) is 0.751. The predicted molar refractivity (Wildman–Crippen MR) is 70.6 cm³/mol. The average Bonchev–Trinajstić information content (AvgIpc) is 2.37. The molecule has 1 aromatic rings. The number of halogens is 1. The van der Waals surface area contributed by atoms with Gasteiger partial charge in [0, 0.05) is 17.7 Å². The Morgan fingerprint density at radius 3 is 2.55 bits per heavy atom. The molecule has 0 fully saturated rings. The lowest BCUT2D eigenvalue weighted by molar-refractivity contribution is -0.121. The lowest BCUT2D eigenvalue weighted by Gasteiger charge is -2.09. The first kappa shape index (κ1) is 16.3. The van der Waals surface area contributed by atoms with Crippen LogP contribution in [-0.2, 0) is 13.8 Å². The number of nitrogens with one attached hydrogen (secondary N) is 1. The van der Waals surface area contributed by atoms with Gasteiger partial charge in [0.1, 0.15) is 11.3 Å². The maximum Gasteiger partial charge on any atom is 0.339 e. The number of benzene rings is 1. The minimum absolute atomic E-state index is 0.0348. The van der Waals surface area contributed by atoms with E-state index < -0.39 is 15.0 Å². The molecule has 0 heterocycles. The molecule has 0 atom stereocenters. The second kappa shape index (κ2) is 6.58. The van der Waals surface area contributed by atoms with Gasteiger partial charge in [0.05, 0.1) is 17.9 Å². The molecule has 1 aromatic carbocycles. The Morgan fingerprint density at radius 1 is 1.40 bits per heavy atom. The van der Waals surface area contributed by atoms with Crippen LogP contribution in [0.3, 0.4) is 0 Å². The third-order valence-electron chi connectivity index (χ3n) is 2.33. The Kier molecular flexibility index (Phi) is 5.34. The van der Waals surface area contributed by atoms with Gasteiger partial charge in [0.25, 0.3) is 9.05 Å². The van der Waals surface area contributed by atoms with Crippen LogP contribution in [0.1, 0.15) is 16.8 Å². The van der Waals surface area contributed by atoms with E-state index >= 15 is 0 Å². The van der Waals surface area contributed by atoms with Gasteiger partial charge in [-0.25, -0.2) is 13.2 Å². The zero-order chi connectivity index (χ0) is 15.3. The van der Waals surface area contributed by atoms with Gasteiger partial charge in [-0.2, -0.15) is 0 Å². The van der Waals surface area contributed by atoms with E-state index in [0.717, 1.165) is 12.1 Å². The van der Waals surface area contributed by atoms with E-state index in [9.17, 15) is 18.0 Å². The number of ether oxygens (including phenoxy) is 1. The Morgan fingerprint density at radius 2 is 2.05 bits per heavy atom. The summed E-state index contributed by atoms with van der Waals surface area (Å²) in [5.41, 5.74) is -0.344. The highest BCUT2D eigenvalue weighted by molar-refractivity contribution is 8.13. The Bertz CT molecular complexity index is 628. The molecule has 0 saturated carbocycles. The van der Waals surface area contributed by atoms with Crippen LogP contribution < -0.4 is 10.1 Å². The molecule has 0 aliphatic heterocycles. The van der Waals surface area contributed by atoms with Gasteiger partial charge >= 0.3 is 5.97 Å². The third-order valence-corrected chi connectivity index (χ3v) is 3.68. The van der Waals surface area contributed by atoms with Crippen molar-refractivity contribution in [2.45, 2.75) is 11.3 Å². The van der Waals surface area contributed by atoms with Gasteiger partial charge < -0.3 is 15.2 Å². The number of aromatic carboxylic acids is 1. The topological polar surface area (TPSA) is 110 Å². The van der Waals surface area contributed by atoms with Crippen LogP contribution in [-0.4, -0.2) is 39.1 Å². The molecule has 7 nitrogen and oxygen atoms in total. The maximum atomic E-state index is 11.1. The summed E-state index contributed by atoms with van der Waals surface area (Å²) in [5.74, 6) is -1.66. The second-order valence-corrected chi connectivity index (χ2v) is 6.24. The molecule has 0 aromatic heterocycles. The smallest absolute Gasteiger partial charge is 0.339 e. The van der Waals surface area contributed by atoms with Crippen LogP contribution in [0.25, 0.3) is 0 Å². The van der Waals surface area contributed by atoms with E-state index in [1.54, 1.807) is 0 Å². The molecule has 20 heavy (non-hydrogen) atoms. The zero-order valence-corrected chi connectivity index (χ0v) is 12.0. The predicted octanol–water partition coefficient (Wildman–Crippen LogP) is 0.827. The molecule has 110 valence electrons. The van der Waals surface area contributed by atoms with Gasteiger partial charge in [0.2, 0.25) is 5.91 Å². The molecule has 0 bridgehead atoms. The van der Waals surface area contributed by atoms with E-state index in [2.05, 4.69) is 5.32 Å². The maximum absolute atomic E-state index is 11.1. The number of carboxylic acids is 1. The van der Waals surface area contributed by atoms with E-state index in [1.165, 1.54) is 13.1 Å². The van der Waals surface area contributed by atoms with Gasteiger partial charge in [-0.1, -0.05) is 0 Å². The highest BCUT2D eigenvalue weighted by Crippen LogP contribution is 2.24. The molecule has 0 aliphatic carbocycles.